The topological polar surface area (TPSA) is 86.9 Å². The van der Waals surface area contributed by atoms with Crippen molar-refractivity contribution in [3.8, 4) is 0 Å². The van der Waals surface area contributed by atoms with Crippen molar-refractivity contribution >= 4 is 23.3 Å². The molecule has 102 valence electrons. The molecular weight excluding hydrogens is 256 g/mol. The van der Waals surface area contributed by atoms with E-state index in [1.54, 1.807) is 12.1 Å². The molecule has 1 aliphatic rings. The number of hydrogen-bond donors (Lipinski definition) is 3. The van der Waals surface area contributed by atoms with Crippen LogP contribution in [0.15, 0.2) is 24.3 Å². The number of amides is 2. The molecule has 0 spiro atoms. The number of aromatic nitrogens is 2. The molecule has 2 amide bonds. The lowest BCUT2D eigenvalue weighted by molar-refractivity contribution is -0.116. The van der Waals surface area contributed by atoms with Gasteiger partial charge < -0.3 is 10.6 Å². The van der Waals surface area contributed by atoms with Crippen LogP contribution in [0.3, 0.4) is 0 Å². The number of aromatic amines is 1. The minimum absolute atomic E-state index is 0.0617. The van der Waals surface area contributed by atoms with Gasteiger partial charge in [-0.3, -0.25) is 14.7 Å². The Bertz CT molecular complexity index is 690. The summed E-state index contributed by atoms with van der Waals surface area (Å²) < 4.78 is 0. The summed E-state index contributed by atoms with van der Waals surface area (Å²) in [6, 6.07) is 7.18. The van der Waals surface area contributed by atoms with Crippen molar-refractivity contribution in [2.75, 3.05) is 10.6 Å². The number of rotatable bonds is 2. The number of benzene rings is 1. The highest BCUT2D eigenvalue weighted by molar-refractivity contribution is 6.11. The van der Waals surface area contributed by atoms with Crippen molar-refractivity contribution in [1.29, 1.82) is 0 Å². The molecule has 1 aliphatic heterocycles. The zero-order chi connectivity index (χ0) is 14.1. The van der Waals surface area contributed by atoms with Crippen LogP contribution >= 0.6 is 0 Å². The van der Waals surface area contributed by atoms with Gasteiger partial charge in [-0.05, 0) is 25.0 Å². The van der Waals surface area contributed by atoms with E-state index in [0.29, 0.717) is 29.9 Å². The molecule has 2 heterocycles. The molecule has 2 aromatic rings. The molecule has 3 rings (SSSR count). The zero-order valence-electron chi connectivity index (χ0n) is 11.0. The standard InChI is InChI=1S/C14H14N4O2/c1-8-7-11(18-17-8)15-14(20)10-4-2-3-9-5-6-12(19)16-13(9)10/h2-4,7H,5-6H2,1H3,(H,16,19)(H2,15,17,18,20). The molecule has 0 aliphatic carbocycles. The molecule has 0 saturated carbocycles. The zero-order valence-corrected chi connectivity index (χ0v) is 11.0. The fourth-order valence-electron chi connectivity index (χ4n) is 2.26. The van der Waals surface area contributed by atoms with E-state index in [-0.39, 0.29) is 11.8 Å². The van der Waals surface area contributed by atoms with Crippen LogP contribution in [0.5, 0.6) is 0 Å². The average molecular weight is 270 g/mol. The quantitative estimate of drug-likeness (QED) is 0.778. The Morgan fingerprint density at radius 1 is 1.35 bits per heavy atom. The van der Waals surface area contributed by atoms with Gasteiger partial charge in [0.25, 0.3) is 5.91 Å². The number of aryl methyl sites for hydroxylation is 2. The van der Waals surface area contributed by atoms with Crippen molar-refractivity contribution in [3.05, 3.63) is 41.1 Å². The predicted molar refractivity (Wildman–Crippen MR) is 74.7 cm³/mol. The molecule has 1 aromatic carbocycles. The smallest absolute Gasteiger partial charge is 0.258 e. The lowest BCUT2D eigenvalue weighted by Gasteiger charge is -2.19. The molecule has 0 saturated heterocycles. The Kier molecular flexibility index (Phi) is 2.98. The highest BCUT2D eigenvalue weighted by atomic mass is 16.2. The summed E-state index contributed by atoms with van der Waals surface area (Å²) in [5.74, 6) is 0.121. The van der Waals surface area contributed by atoms with Crippen LogP contribution in [0.1, 0.15) is 28.0 Å². The first-order chi connectivity index (χ1) is 9.63. The van der Waals surface area contributed by atoms with E-state index < -0.39 is 0 Å². The summed E-state index contributed by atoms with van der Waals surface area (Å²) in [6.45, 7) is 1.85. The van der Waals surface area contributed by atoms with Crippen LogP contribution < -0.4 is 10.6 Å². The molecule has 0 radical (unpaired) electrons. The number of nitrogens with zero attached hydrogens (tertiary/aromatic N) is 1. The van der Waals surface area contributed by atoms with Crippen molar-refractivity contribution in [2.45, 2.75) is 19.8 Å². The van der Waals surface area contributed by atoms with E-state index in [1.807, 2.05) is 19.1 Å². The number of para-hydroxylation sites is 1. The fraction of sp³-hybridized carbons (Fsp3) is 0.214. The van der Waals surface area contributed by atoms with Gasteiger partial charge in [-0.2, -0.15) is 5.10 Å². The van der Waals surface area contributed by atoms with Crippen molar-refractivity contribution in [1.82, 2.24) is 10.2 Å². The Balaban J connectivity index is 1.90. The minimum Gasteiger partial charge on any atom is -0.325 e. The molecular formula is C14H14N4O2. The van der Waals surface area contributed by atoms with E-state index in [0.717, 1.165) is 11.3 Å². The van der Waals surface area contributed by atoms with Crippen LogP contribution in [0.2, 0.25) is 0 Å². The second-order valence-electron chi connectivity index (χ2n) is 4.78. The first kappa shape index (κ1) is 12.4. The van der Waals surface area contributed by atoms with E-state index in [4.69, 9.17) is 0 Å². The summed E-state index contributed by atoms with van der Waals surface area (Å²) in [7, 11) is 0. The Morgan fingerprint density at radius 2 is 2.20 bits per heavy atom. The Morgan fingerprint density at radius 3 is 2.95 bits per heavy atom. The summed E-state index contributed by atoms with van der Waals surface area (Å²) in [5.41, 5.74) is 2.91. The van der Waals surface area contributed by atoms with Gasteiger partial charge in [-0.25, -0.2) is 0 Å². The molecule has 0 bridgehead atoms. The Labute approximate surface area is 115 Å². The van der Waals surface area contributed by atoms with Crippen LogP contribution in [0.4, 0.5) is 11.5 Å². The molecule has 6 nitrogen and oxygen atoms in total. The number of anilines is 2. The Hall–Kier alpha value is -2.63. The van der Waals surface area contributed by atoms with Crippen molar-refractivity contribution in [3.63, 3.8) is 0 Å². The normalized spacial score (nSPS) is 13.6. The predicted octanol–water partition coefficient (Wildman–Crippen LogP) is 1.86. The van der Waals surface area contributed by atoms with Crippen LogP contribution in [-0.2, 0) is 11.2 Å². The average Bonchev–Trinajstić information content (AvgIpc) is 2.83. The molecule has 0 unspecified atom stereocenters. The number of fused-ring (bicyclic) bond motifs is 1. The van der Waals surface area contributed by atoms with Gasteiger partial charge >= 0.3 is 0 Å². The van der Waals surface area contributed by atoms with Crippen LogP contribution in [0.25, 0.3) is 0 Å². The minimum atomic E-state index is -0.282. The highest BCUT2D eigenvalue weighted by Gasteiger charge is 2.21. The third-order valence-corrected chi connectivity index (χ3v) is 3.23. The number of hydrogen-bond acceptors (Lipinski definition) is 3. The maximum atomic E-state index is 12.3. The van der Waals surface area contributed by atoms with Crippen molar-refractivity contribution in [2.24, 2.45) is 0 Å². The lowest BCUT2D eigenvalue weighted by atomic mass is 9.98. The first-order valence-corrected chi connectivity index (χ1v) is 6.38. The second kappa shape index (κ2) is 4.80. The number of nitrogens with one attached hydrogen (secondary N) is 3. The van der Waals surface area contributed by atoms with Gasteiger partial charge in [0.2, 0.25) is 5.91 Å². The number of carbonyl (C=O) groups excluding carboxylic acids is 2. The summed E-state index contributed by atoms with van der Waals surface area (Å²) in [5, 5.41) is 12.2. The molecule has 0 fully saturated rings. The summed E-state index contributed by atoms with van der Waals surface area (Å²) in [4.78, 5) is 23.8. The summed E-state index contributed by atoms with van der Waals surface area (Å²) >= 11 is 0. The van der Waals surface area contributed by atoms with Gasteiger partial charge in [-0.15, -0.1) is 0 Å². The van der Waals surface area contributed by atoms with Gasteiger partial charge in [0.05, 0.1) is 11.3 Å². The van der Waals surface area contributed by atoms with E-state index in [2.05, 4.69) is 20.8 Å². The number of carbonyl (C=O) groups is 2. The molecule has 3 N–H and O–H groups in total. The van der Waals surface area contributed by atoms with E-state index in [9.17, 15) is 9.59 Å². The fourth-order valence-corrected chi connectivity index (χ4v) is 2.26. The SMILES string of the molecule is Cc1cc(NC(=O)c2cccc3c2NC(=O)CC3)n[nH]1. The highest BCUT2D eigenvalue weighted by Crippen LogP contribution is 2.27. The van der Waals surface area contributed by atoms with Crippen LogP contribution in [0, 0.1) is 6.92 Å². The molecule has 0 atom stereocenters. The first-order valence-electron chi connectivity index (χ1n) is 6.38. The van der Waals surface area contributed by atoms with Gasteiger partial charge in [0.15, 0.2) is 5.82 Å². The third-order valence-electron chi connectivity index (χ3n) is 3.23. The second-order valence-corrected chi connectivity index (χ2v) is 4.78. The van der Waals surface area contributed by atoms with Crippen LogP contribution in [-0.4, -0.2) is 22.0 Å². The van der Waals surface area contributed by atoms with E-state index in [1.165, 1.54) is 0 Å². The monoisotopic (exact) mass is 270 g/mol. The van der Waals surface area contributed by atoms with E-state index >= 15 is 0 Å². The van der Waals surface area contributed by atoms with Gasteiger partial charge in [0, 0.05) is 18.2 Å². The van der Waals surface area contributed by atoms with Gasteiger partial charge in [0.1, 0.15) is 0 Å². The lowest BCUT2D eigenvalue weighted by Crippen LogP contribution is -2.23. The third kappa shape index (κ3) is 2.27. The van der Waals surface area contributed by atoms with Gasteiger partial charge in [-0.1, -0.05) is 12.1 Å². The summed E-state index contributed by atoms with van der Waals surface area (Å²) in [6.07, 6.45) is 1.11. The maximum absolute atomic E-state index is 12.3. The number of H-pyrrole nitrogens is 1. The molecule has 6 heteroatoms. The molecule has 1 aromatic heterocycles. The molecule has 20 heavy (non-hydrogen) atoms. The maximum Gasteiger partial charge on any atom is 0.258 e. The van der Waals surface area contributed by atoms with Crippen molar-refractivity contribution < 1.29 is 9.59 Å². The largest absolute Gasteiger partial charge is 0.325 e.